The van der Waals surface area contributed by atoms with Crippen LogP contribution in [0.1, 0.15) is 74.8 Å². The molecule has 0 amide bonds. The molecule has 0 spiro atoms. The molecule has 0 fully saturated rings. The fourth-order valence-corrected chi connectivity index (χ4v) is 4.87. The van der Waals surface area contributed by atoms with Crippen molar-refractivity contribution in [1.82, 2.24) is 0 Å². The van der Waals surface area contributed by atoms with Gasteiger partial charge >= 0.3 is 23.9 Å². The Morgan fingerprint density at radius 3 is 0.861 bits per heavy atom. The maximum Gasteiger partial charge on any atom is 0.336 e. The first-order chi connectivity index (χ1) is 17.2. The number of hydrogen-bond donors (Lipinski definition) is 4. The van der Waals surface area contributed by atoms with Crippen LogP contribution in [0.5, 0.6) is 0 Å². The standard InChI is InChI=1S/C28H24O8/c29-25(30)21-11-17-7-5-15-3-1-2-4-16(15)6-8-18-12-22(26(31)32)24(28(35)36)14-20(18)10-9-19(17)13-23(21)27(33)34/h1-4,11-14H,5-10H2,(H,29,30)(H,31,32)(H,33,34)(H,35,36). The summed E-state index contributed by atoms with van der Waals surface area (Å²) in [6, 6.07) is 13.4. The summed E-state index contributed by atoms with van der Waals surface area (Å²) in [5.41, 5.74) is 3.73. The molecule has 1 aliphatic rings. The Hall–Kier alpha value is -4.46. The van der Waals surface area contributed by atoms with E-state index in [0.717, 1.165) is 22.3 Å². The molecule has 36 heavy (non-hydrogen) atoms. The van der Waals surface area contributed by atoms with Crippen molar-refractivity contribution in [2.75, 3.05) is 0 Å². The monoisotopic (exact) mass is 488 g/mol. The molecule has 4 N–H and O–H groups in total. The minimum atomic E-state index is -1.34. The van der Waals surface area contributed by atoms with Gasteiger partial charge in [-0.25, -0.2) is 19.2 Å². The van der Waals surface area contributed by atoms with E-state index in [0.29, 0.717) is 49.7 Å². The molecule has 0 radical (unpaired) electrons. The number of carboxylic acids is 4. The molecule has 4 rings (SSSR count). The van der Waals surface area contributed by atoms with Gasteiger partial charge in [0.1, 0.15) is 0 Å². The molecule has 0 saturated carbocycles. The van der Waals surface area contributed by atoms with Gasteiger partial charge in [0.2, 0.25) is 0 Å². The molecule has 0 atom stereocenters. The number of fused-ring (bicyclic) bond motifs is 3. The molecular formula is C28H24O8. The van der Waals surface area contributed by atoms with Crippen LogP contribution in [0.15, 0.2) is 48.5 Å². The largest absolute Gasteiger partial charge is 0.478 e. The van der Waals surface area contributed by atoms with Crippen molar-refractivity contribution in [2.24, 2.45) is 0 Å². The van der Waals surface area contributed by atoms with Crippen molar-refractivity contribution in [2.45, 2.75) is 38.5 Å². The maximum absolute atomic E-state index is 11.8. The Balaban J connectivity index is 1.90. The third-order valence-electron chi connectivity index (χ3n) is 6.71. The van der Waals surface area contributed by atoms with Crippen LogP contribution < -0.4 is 0 Å². The first-order valence-corrected chi connectivity index (χ1v) is 11.5. The molecule has 0 saturated heterocycles. The van der Waals surface area contributed by atoms with Gasteiger partial charge in [-0.15, -0.1) is 0 Å². The van der Waals surface area contributed by atoms with Crippen LogP contribution in [0.2, 0.25) is 0 Å². The van der Waals surface area contributed by atoms with Crippen LogP contribution in [0.25, 0.3) is 0 Å². The second-order valence-corrected chi connectivity index (χ2v) is 8.82. The number of carbonyl (C=O) groups is 4. The summed E-state index contributed by atoms with van der Waals surface area (Å²) >= 11 is 0. The summed E-state index contributed by atoms with van der Waals surface area (Å²) in [6.07, 6.45) is 2.96. The summed E-state index contributed by atoms with van der Waals surface area (Å²) in [5, 5.41) is 38.4. The Morgan fingerprint density at radius 1 is 0.417 bits per heavy atom. The Bertz CT molecular complexity index is 1300. The first-order valence-electron chi connectivity index (χ1n) is 11.5. The molecule has 184 valence electrons. The molecular weight excluding hydrogens is 464 g/mol. The summed E-state index contributed by atoms with van der Waals surface area (Å²) < 4.78 is 0. The molecule has 0 unspecified atom stereocenters. The predicted octanol–water partition coefficient (Wildman–Crippen LogP) is 4.15. The van der Waals surface area contributed by atoms with Gasteiger partial charge < -0.3 is 20.4 Å². The third kappa shape index (κ3) is 4.98. The number of carboxylic acid groups (broad SMARTS) is 4. The zero-order chi connectivity index (χ0) is 26.0. The van der Waals surface area contributed by atoms with Crippen molar-refractivity contribution < 1.29 is 39.6 Å². The lowest BCUT2D eigenvalue weighted by atomic mass is 9.86. The van der Waals surface area contributed by atoms with Crippen LogP contribution in [-0.2, 0) is 38.5 Å². The number of aryl methyl sites for hydroxylation is 6. The SMILES string of the molecule is O=C(O)c1cc2c(cc1C(=O)O)CCc1cc(C(=O)O)c(C(=O)O)cc1CCc1ccccc1CC2. The first kappa shape index (κ1) is 24.7. The van der Waals surface area contributed by atoms with Crippen molar-refractivity contribution in [1.29, 1.82) is 0 Å². The van der Waals surface area contributed by atoms with Crippen LogP contribution in [-0.4, -0.2) is 44.3 Å². The van der Waals surface area contributed by atoms with Crippen LogP contribution in [0.4, 0.5) is 0 Å². The van der Waals surface area contributed by atoms with E-state index in [1.807, 2.05) is 24.3 Å². The number of aromatic carboxylic acids is 4. The van der Waals surface area contributed by atoms with Gasteiger partial charge in [0.25, 0.3) is 0 Å². The second-order valence-electron chi connectivity index (χ2n) is 8.82. The third-order valence-corrected chi connectivity index (χ3v) is 6.71. The van der Waals surface area contributed by atoms with Crippen LogP contribution >= 0.6 is 0 Å². The molecule has 0 aromatic heterocycles. The lowest BCUT2D eigenvalue weighted by molar-refractivity contribution is 0.0651. The minimum absolute atomic E-state index is 0.277. The number of benzene rings is 3. The highest BCUT2D eigenvalue weighted by molar-refractivity contribution is 6.02. The molecule has 0 heterocycles. The molecule has 0 bridgehead atoms. The smallest absolute Gasteiger partial charge is 0.336 e. The lowest BCUT2D eigenvalue weighted by Gasteiger charge is -2.19. The van der Waals surface area contributed by atoms with Gasteiger partial charge in [0.05, 0.1) is 22.3 Å². The Morgan fingerprint density at radius 2 is 0.639 bits per heavy atom. The summed E-state index contributed by atoms with van der Waals surface area (Å²) in [4.78, 5) is 47.1. The van der Waals surface area contributed by atoms with Crippen molar-refractivity contribution in [3.05, 3.63) is 104 Å². The Labute approximate surface area is 206 Å². The average Bonchev–Trinajstić information content (AvgIpc) is 2.83. The lowest BCUT2D eigenvalue weighted by Crippen LogP contribution is -2.14. The quantitative estimate of drug-likeness (QED) is 0.428. The van der Waals surface area contributed by atoms with Crippen molar-refractivity contribution in [3.8, 4) is 0 Å². The minimum Gasteiger partial charge on any atom is -0.478 e. The van der Waals surface area contributed by atoms with E-state index in [1.165, 1.54) is 24.3 Å². The van der Waals surface area contributed by atoms with Gasteiger partial charge in [0.15, 0.2) is 0 Å². The van der Waals surface area contributed by atoms with Gasteiger partial charge in [-0.1, -0.05) is 24.3 Å². The van der Waals surface area contributed by atoms with Crippen molar-refractivity contribution >= 4 is 23.9 Å². The van der Waals surface area contributed by atoms with Gasteiger partial charge in [-0.2, -0.15) is 0 Å². The van der Waals surface area contributed by atoms with Gasteiger partial charge in [-0.3, -0.25) is 0 Å². The number of hydrogen-bond acceptors (Lipinski definition) is 4. The number of rotatable bonds is 4. The van der Waals surface area contributed by atoms with E-state index in [4.69, 9.17) is 0 Å². The summed E-state index contributed by atoms with van der Waals surface area (Å²) in [7, 11) is 0. The van der Waals surface area contributed by atoms with E-state index in [1.54, 1.807) is 0 Å². The van der Waals surface area contributed by atoms with E-state index < -0.39 is 23.9 Å². The van der Waals surface area contributed by atoms with Gasteiger partial charge in [-0.05, 0) is 96.2 Å². The fourth-order valence-electron chi connectivity index (χ4n) is 4.87. The highest BCUT2D eigenvalue weighted by Gasteiger charge is 2.23. The average molecular weight is 488 g/mol. The molecule has 3 aromatic rings. The predicted molar refractivity (Wildman–Crippen MR) is 129 cm³/mol. The Kier molecular flexibility index (Phi) is 6.87. The van der Waals surface area contributed by atoms with E-state index in [2.05, 4.69) is 0 Å². The normalized spacial score (nSPS) is 13.2. The van der Waals surface area contributed by atoms with Crippen LogP contribution in [0, 0.1) is 0 Å². The molecule has 8 heteroatoms. The summed E-state index contributed by atoms with van der Waals surface area (Å²) in [6.45, 7) is 0. The highest BCUT2D eigenvalue weighted by atomic mass is 16.4. The zero-order valence-electron chi connectivity index (χ0n) is 19.3. The van der Waals surface area contributed by atoms with E-state index in [9.17, 15) is 39.6 Å². The molecule has 3 aromatic carbocycles. The molecule has 1 aliphatic carbocycles. The summed E-state index contributed by atoms with van der Waals surface area (Å²) in [5.74, 6) is -5.32. The molecule has 0 aliphatic heterocycles. The van der Waals surface area contributed by atoms with Crippen LogP contribution in [0.3, 0.4) is 0 Å². The highest BCUT2D eigenvalue weighted by Crippen LogP contribution is 2.27. The second kappa shape index (κ2) is 10.0. The zero-order valence-corrected chi connectivity index (χ0v) is 19.3. The fraction of sp³-hybridized carbons (Fsp3) is 0.214. The van der Waals surface area contributed by atoms with E-state index in [-0.39, 0.29) is 22.3 Å². The van der Waals surface area contributed by atoms with Gasteiger partial charge in [0, 0.05) is 0 Å². The van der Waals surface area contributed by atoms with Crippen molar-refractivity contribution in [3.63, 3.8) is 0 Å². The molecule has 8 nitrogen and oxygen atoms in total. The maximum atomic E-state index is 11.8. The van der Waals surface area contributed by atoms with E-state index >= 15 is 0 Å². The topological polar surface area (TPSA) is 149 Å².